The van der Waals surface area contributed by atoms with Gasteiger partial charge in [0.15, 0.2) is 0 Å². The van der Waals surface area contributed by atoms with Crippen molar-refractivity contribution in [3.05, 3.63) is 65.2 Å². The van der Waals surface area contributed by atoms with E-state index in [-0.39, 0.29) is 17.4 Å². The topological polar surface area (TPSA) is 61.8 Å². The zero-order chi connectivity index (χ0) is 25.1. The Morgan fingerprint density at radius 3 is 2.75 bits per heavy atom. The number of phenols is 1. The van der Waals surface area contributed by atoms with E-state index >= 15 is 0 Å². The van der Waals surface area contributed by atoms with E-state index in [1.165, 1.54) is 50.6 Å². The number of likely N-dealkylation sites (tertiary alicyclic amines) is 1. The summed E-state index contributed by atoms with van der Waals surface area (Å²) in [5.41, 5.74) is 4.09. The number of unbranched alkanes of at least 4 members (excludes halogenated alkanes) is 1. The van der Waals surface area contributed by atoms with Crippen molar-refractivity contribution < 1.29 is 14.6 Å². The van der Waals surface area contributed by atoms with Gasteiger partial charge in [0.1, 0.15) is 11.8 Å². The Kier molecular flexibility index (Phi) is 7.68. The van der Waals surface area contributed by atoms with Gasteiger partial charge in [-0.2, -0.15) is 0 Å². The van der Waals surface area contributed by atoms with Gasteiger partial charge >= 0.3 is 5.97 Å². The molecule has 2 aromatic rings. The van der Waals surface area contributed by atoms with Crippen molar-refractivity contribution in [2.75, 3.05) is 26.7 Å². The molecular formula is C31H42N2O3. The van der Waals surface area contributed by atoms with Crippen LogP contribution < -0.4 is 5.32 Å². The molecule has 0 unspecified atom stereocenters. The van der Waals surface area contributed by atoms with Gasteiger partial charge in [-0.3, -0.25) is 9.69 Å². The minimum absolute atomic E-state index is 0.128. The molecule has 194 valence electrons. The highest BCUT2D eigenvalue weighted by atomic mass is 16.5. The van der Waals surface area contributed by atoms with E-state index in [0.29, 0.717) is 24.1 Å². The highest BCUT2D eigenvalue weighted by Crippen LogP contribution is 2.52. The summed E-state index contributed by atoms with van der Waals surface area (Å²) in [6.45, 7) is 5.68. The monoisotopic (exact) mass is 490 g/mol. The summed E-state index contributed by atoms with van der Waals surface area (Å²) in [4.78, 5) is 15.2. The van der Waals surface area contributed by atoms with E-state index in [1.807, 2.05) is 24.3 Å². The number of esters is 1. The average Bonchev–Trinajstić information content (AvgIpc) is 3.71. The summed E-state index contributed by atoms with van der Waals surface area (Å²) in [5.74, 6) is 1.68. The molecule has 5 nitrogen and oxygen atoms in total. The van der Waals surface area contributed by atoms with Crippen molar-refractivity contribution in [1.29, 1.82) is 0 Å². The fraction of sp³-hybridized carbons (Fsp3) is 0.581. The lowest BCUT2D eigenvalue weighted by molar-refractivity contribution is -0.143. The van der Waals surface area contributed by atoms with Crippen LogP contribution in [0.4, 0.5) is 0 Å². The van der Waals surface area contributed by atoms with E-state index in [9.17, 15) is 9.90 Å². The number of ether oxygens (including phenoxy) is 1. The lowest BCUT2D eigenvalue weighted by Gasteiger charge is -2.56. The largest absolute Gasteiger partial charge is 0.508 e. The van der Waals surface area contributed by atoms with E-state index in [4.69, 9.17) is 4.74 Å². The molecule has 1 aliphatic heterocycles. The maximum atomic E-state index is 12.4. The minimum atomic E-state index is -0.322. The van der Waals surface area contributed by atoms with Crippen LogP contribution in [0.15, 0.2) is 48.5 Å². The molecule has 2 aliphatic carbocycles. The Morgan fingerprint density at radius 1 is 1.19 bits per heavy atom. The van der Waals surface area contributed by atoms with Crippen LogP contribution >= 0.6 is 0 Å². The van der Waals surface area contributed by atoms with Gasteiger partial charge in [-0.25, -0.2) is 0 Å². The van der Waals surface area contributed by atoms with Crippen LogP contribution in [0.25, 0.3) is 0 Å². The zero-order valence-corrected chi connectivity index (χ0v) is 21.9. The lowest BCUT2D eigenvalue weighted by atomic mass is 9.56. The van der Waals surface area contributed by atoms with Gasteiger partial charge < -0.3 is 15.2 Å². The number of phenolic OH excluding ortho intramolecular Hbond substituents is 1. The highest BCUT2D eigenvalue weighted by Gasteiger charge is 2.51. The third kappa shape index (κ3) is 5.33. The molecule has 1 saturated carbocycles. The first kappa shape index (κ1) is 25.3. The number of carbonyl (C=O) groups excluding carboxylic acids is 1. The number of methoxy groups -OCH3 is 1. The van der Waals surface area contributed by atoms with Gasteiger partial charge in [0, 0.05) is 18.0 Å². The molecule has 0 aromatic heterocycles. The number of piperidine rings is 1. The molecule has 2 N–H and O–H groups in total. The molecule has 1 saturated heterocycles. The number of nitrogens with one attached hydrogen (secondary N) is 1. The van der Waals surface area contributed by atoms with Gasteiger partial charge in [-0.1, -0.05) is 49.7 Å². The molecule has 0 radical (unpaired) electrons. The van der Waals surface area contributed by atoms with Crippen molar-refractivity contribution >= 4 is 5.97 Å². The van der Waals surface area contributed by atoms with Crippen LogP contribution in [-0.2, 0) is 27.8 Å². The molecule has 1 heterocycles. The summed E-state index contributed by atoms with van der Waals surface area (Å²) in [6.07, 6.45) is 8.95. The molecule has 5 rings (SSSR count). The fourth-order valence-corrected chi connectivity index (χ4v) is 6.96. The summed E-state index contributed by atoms with van der Waals surface area (Å²) in [5, 5.41) is 13.8. The summed E-state index contributed by atoms with van der Waals surface area (Å²) in [6, 6.07) is 16.5. The Bertz CT molecular complexity index is 1040. The lowest BCUT2D eigenvalue weighted by Crippen LogP contribution is -2.59. The predicted octanol–water partition coefficient (Wildman–Crippen LogP) is 4.85. The van der Waals surface area contributed by atoms with Crippen molar-refractivity contribution in [3.8, 4) is 5.75 Å². The molecule has 2 aromatic carbocycles. The number of carbonyl (C=O) groups is 1. The number of aromatic hydroxyl groups is 1. The quantitative estimate of drug-likeness (QED) is 0.348. The Balaban J connectivity index is 1.23. The van der Waals surface area contributed by atoms with E-state index in [1.54, 1.807) is 0 Å². The number of benzene rings is 2. The van der Waals surface area contributed by atoms with E-state index < -0.39 is 0 Å². The third-order valence-electron chi connectivity index (χ3n) is 9.22. The molecule has 0 amide bonds. The van der Waals surface area contributed by atoms with Crippen LogP contribution in [-0.4, -0.2) is 54.8 Å². The highest BCUT2D eigenvalue weighted by molar-refractivity contribution is 5.76. The SMILES string of the molecule is COC(=O)[C@H](Cc1ccccc1)NCCCC[C@]12CCN(CC3CC3)[C@H](Cc3ccc(O)cc31)[C@@H]2C. The van der Waals surface area contributed by atoms with Crippen LogP contribution in [0, 0.1) is 11.8 Å². The van der Waals surface area contributed by atoms with Crippen molar-refractivity contribution in [1.82, 2.24) is 10.2 Å². The number of hydrogen-bond acceptors (Lipinski definition) is 5. The van der Waals surface area contributed by atoms with Gasteiger partial charge in [-0.15, -0.1) is 0 Å². The molecule has 4 atom stereocenters. The Labute approximate surface area is 216 Å². The first-order chi connectivity index (χ1) is 17.5. The summed E-state index contributed by atoms with van der Waals surface area (Å²) in [7, 11) is 1.46. The van der Waals surface area contributed by atoms with Crippen LogP contribution in [0.1, 0.15) is 62.1 Å². The standard InChI is InChI=1S/C31H42N2O3/c1-22-29-19-25-12-13-26(34)20-27(25)31(22,15-17-33(29)21-24-10-11-24)14-6-7-16-32-28(30(35)36-2)18-23-8-4-3-5-9-23/h3-5,8-9,12-13,20,22,24,28-29,32,34H,6-7,10-11,14-19,21H2,1-2H3/t22-,28-,29+,31+/m0/s1. The molecule has 36 heavy (non-hydrogen) atoms. The molecule has 2 bridgehead atoms. The normalized spacial score (nSPS) is 26.3. The zero-order valence-electron chi connectivity index (χ0n) is 21.9. The van der Waals surface area contributed by atoms with Gasteiger partial charge in [0.2, 0.25) is 0 Å². The van der Waals surface area contributed by atoms with Crippen LogP contribution in [0.5, 0.6) is 5.75 Å². The number of rotatable bonds is 11. The van der Waals surface area contributed by atoms with Crippen LogP contribution in [0.3, 0.4) is 0 Å². The molecular weight excluding hydrogens is 448 g/mol. The molecule has 3 aliphatic rings. The predicted molar refractivity (Wildman–Crippen MR) is 143 cm³/mol. The van der Waals surface area contributed by atoms with Gasteiger partial charge in [0.05, 0.1) is 7.11 Å². The Morgan fingerprint density at radius 2 is 2.00 bits per heavy atom. The maximum absolute atomic E-state index is 12.4. The maximum Gasteiger partial charge on any atom is 0.323 e. The molecule has 0 spiro atoms. The molecule has 5 heteroatoms. The first-order valence-corrected chi connectivity index (χ1v) is 13.9. The minimum Gasteiger partial charge on any atom is -0.508 e. The second kappa shape index (κ2) is 10.9. The summed E-state index contributed by atoms with van der Waals surface area (Å²) < 4.78 is 5.07. The fourth-order valence-electron chi connectivity index (χ4n) is 6.96. The van der Waals surface area contributed by atoms with Crippen molar-refractivity contribution in [2.24, 2.45) is 11.8 Å². The third-order valence-corrected chi connectivity index (χ3v) is 9.22. The Hall–Kier alpha value is -2.37. The smallest absolute Gasteiger partial charge is 0.323 e. The van der Waals surface area contributed by atoms with Crippen molar-refractivity contribution in [3.63, 3.8) is 0 Å². The number of hydrogen-bond donors (Lipinski definition) is 2. The second-order valence-electron chi connectivity index (χ2n) is 11.4. The van der Waals surface area contributed by atoms with Gasteiger partial charge in [0.25, 0.3) is 0 Å². The number of fused-ring (bicyclic) bond motifs is 4. The van der Waals surface area contributed by atoms with Crippen molar-refractivity contribution in [2.45, 2.75) is 75.8 Å². The van der Waals surface area contributed by atoms with Crippen LogP contribution in [0.2, 0.25) is 0 Å². The van der Waals surface area contributed by atoms with Gasteiger partial charge in [-0.05, 0) is 98.7 Å². The van der Waals surface area contributed by atoms with E-state index in [2.05, 4.69) is 41.4 Å². The molecule has 2 fully saturated rings. The average molecular weight is 491 g/mol. The second-order valence-corrected chi connectivity index (χ2v) is 11.4. The number of nitrogens with zero attached hydrogens (tertiary/aromatic N) is 1. The first-order valence-electron chi connectivity index (χ1n) is 13.9. The van der Waals surface area contributed by atoms with E-state index in [0.717, 1.165) is 43.7 Å². The summed E-state index contributed by atoms with van der Waals surface area (Å²) >= 11 is 0.